The molecule has 0 aliphatic rings. The van der Waals surface area contributed by atoms with Gasteiger partial charge >= 0.3 is 5.97 Å². The zero-order valence-corrected chi connectivity index (χ0v) is 11.6. The average Bonchev–Trinajstić information content (AvgIpc) is 2.82. The fourth-order valence-electron chi connectivity index (χ4n) is 1.88. The largest absolute Gasteiger partial charge is 0.475 e. The normalized spacial score (nSPS) is 10.8. The highest BCUT2D eigenvalue weighted by atomic mass is 16.6. The second kappa shape index (κ2) is 5.70. The van der Waals surface area contributed by atoms with E-state index in [0.29, 0.717) is 17.9 Å². The van der Waals surface area contributed by atoms with Crippen LogP contribution in [0.3, 0.4) is 0 Å². The predicted octanol–water partition coefficient (Wildman–Crippen LogP) is 2.07. The van der Waals surface area contributed by atoms with Gasteiger partial charge in [0.25, 0.3) is 11.5 Å². The van der Waals surface area contributed by atoms with Crippen molar-refractivity contribution in [2.45, 2.75) is 20.3 Å². The van der Waals surface area contributed by atoms with E-state index in [1.807, 2.05) is 13.8 Å². The van der Waals surface area contributed by atoms with E-state index in [-0.39, 0.29) is 17.4 Å². The van der Waals surface area contributed by atoms with Gasteiger partial charge in [-0.2, -0.15) is 0 Å². The van der Waals surface area contributed by atoms with E-state index in [1.54, 1.807) is 6.07 Å². The van der Waals surface area contributed by atoms with Gasteiger partial charge in [-0.25, -0.2) is 14.5 Å². The number of carbonyl (C=O) groups is 1. The third-order valence-electron chi connectivity index (χ3n) is 2.74. The lowest BCUT2D eigenvalue weighted by Gasteiger charge is -2.07. The number of non-ortho nitro benzene ring substituents is 1. The predicted molar refractivity (Wildman–Crippen MR) is 73.5 cm³/mol. The minimum absolute atomic E-state index is 0.0876. The zero-order chi connectivity index (χ0) is 15.6. The number of aromatic carboxylic acids is 1. The Morgan fingerprint density at radius 2 is 2.19 bits per heavy atom. The zero-order valence-electron chi connectivity index (χ0n) is 11.6. The maximum Gasteiger partial charge on any atom is 0.375 e. The lowest BCUT2D eigenvalue weighted by Crippen LogP contribution is -2.06. The molecule has 1 aromatic heterocycles. The second-order valence-corrected chi connectivity index (χ2v) is 4.94. The molecule has 8 nitrogen and oxygen atoms in total. The van der Waals surface area contributed by atoms with Crippen molar-refractivity contribution >= 4 is 11.7 Å². The Labute approximate surface area is 120 Å². The Kier molecular flexibility index (Phi) is 3.97. The first-order chi connectivity index (χ1) is 9.88. The Morgan fingerprint density at radius 3 is 2.76 bits per heavy atom. The van der Waals surface area contributed by atoms with Crippen LogP contribution >= 0.6 is 0 Å². The van der Waals surface area contributed by atoms with Crippen LogP contribution in [0.25, 0.3) is 5.69 Å². The summed E-state index contributed by atoms with van der Waals surface area (Å²) in [5, 5.41) is 23.7. The minimum Gasteiger partial charge on any atom is -0.475 e. The summed E-state index contributed by atoms with van der Waals surface area (Å²) < 4.78 is 1.34. The van der Waals surface area contributed by atoms with Gasteiger partial charge in [0.2, 0.25) is 0 Å². The van der Waals surface area contributed by atoms with Crippen LogP contribution in [0, 0.1) is 16.0 Å². The molecule has 0 saturated heterocycles. The van der Waals surface area contributed by atoms with Crippen LogP contribution in [0.15, 0.2) is 24.3 Å². The Balaban J connectivity index is 2.53. The van der Waals surface area contributed by atoms with Gasteiger partial charge in [0, 0.05) is 18.6 Å². The summed E-state index contributed by atoms with van der Waals surface area (Å²) in [7, 11) is 0. The topological polar surface area (TPSA) is 111 Å². The van der Waals surface area contributed by atoms with Gasteiger partial charge in [0.15, 0.2) is 0 Å². The van der Waals surface area contributed by atoms with Gasteiger partial charge in [0.1, 0.15) is 5.82 Å². The van der Waals surface area contributed by atoms with Crippen LogP contribution in [0.1, 0.15) is 30.3 Å². The lowest BCUT2D eigenvalue weighted by atomic mass is 10.1. The molecule has 0 fully saturated rings. The molecule has 0 atom stereocenters. The molecule has 0 aliphatic heterocycles. The fourth-order valence-corrected chi connectivity index (χ4v) is 1.88. The molecular weight excluding hydrogens is 276 g/mol. The van der Waals surface area contributed by atoms with Gasteiger partial charge < -0.3 is 5.11 Å². The summed E-state index contributed by atoms with van der Waals surface area (Å²) >= 11 is 0. The first kappa shape index (κ1) is 14.6. The van der Waals surface area contributed by atoms with Crippen molar-refractivity contribution in [1.29, 1.82) is 0 Å². The summed E-state index contributed by atoms with van der Waals surface area (Å²) in [6, 6.07) is 5.84. The molecule has 110 valence electrons. The summed E-state index contributed by atoms with van der Waals surface area (Å²) in [5.74, 6) is -0.850. The van der Waals surface area contributed by atoms with Crippen LogP contribution in [0.5, 0.6) is 0 Å². The number of carboxylic acid groups (broad SMARTS) is 1. The molecule has 0 amide bonds. The van der Waals surface area contributed by atoms with E-state index >= 15 is 0 Å². The molecule has 21 heavy (non-hydrogen) atoms. The molecule has 8 heteroatoms. The standard InChI is InChI=1S/C13H14N4O4/c1-8(2)6-11-14-12(13(18)19)15-16(11)9-4-3-5-10(7-9)17(20)21/h3-5,7-8H,6H2,1-2H3,(H,18,19). The van der Waals surface area contributed by atoms with Gasteiger partial charge in [-0.1, -0.05) is 19.9 Å². The summed E-state index contributed by atoms with van der Waals surface area (Å²) in [6.45, 7) is 3.93. The SMILES string of the molecule is CC(C)Cc1nc(C(=O)O)nn1-c1cccc([N+](=O)[O-])c1. The molecule has 0 aliphatic carbocycles. The number of benzene rings is 1. The first-order valence-electron chi connectivity index (χ1n) is 6.32. The summed E-state index contributed by atoms with van der Waals surface area (Å²) in [5.41, 5.74) is 0.329. The molecule has 1 N–H and O–H groups in total. The minimum atomic E-state index is -1.23. The summed E-state index contributed by atoms with van der Waals surface area (Å²) in [6.07, 6.45) is 0.517. The van der Waals surface area contributed by atoms with Crippen LogP contribution in [0.4, 0.5) is 5.69 Å². The highest BCUT2D eigenvalue weighted by Crippen LogP contribution is 2.19. The molecule has 0 spiro atoms. The maximum atomic E-state index is 11.0. The molecule has 0 radical (unpaired) electrons. The monoisotopic (exact) mass is 290 g/mol. The van der Waals surface area contributed by atoms with E-state index in [9.17, 15) is 14.9 Å². The van der Waals surface area contributed by atoms with Crippen LogP contribution in [0.2, 0.25) is 0 Å². The molecule has 0 bridgehead atoms. The second-order valence-electron chi connectivity index (χ2n) is 4.94. The molecule has 1 heterocycles. The van der Waals surface area contributed by atoms with Gasteiger partial charge in [-0.3, -0.25) is 10.1 Å². The number of nitrogens with zero attached hydrogens (tertiary/aromatic N) is 4. The number of nitro groups is 1. The van der Waals surface area contributed by atoms with Crippen molar-refractivity contribution in [3.05, 3.63) is 46.0 Å². The van der Waals surface area contributed by atoms with Crippen LogP contribution < -0.4 is 0 Å². The maximum absolute atomic E-state index is 11.0. The quantitative estimate of drug-likeness (QED) is 0.666. The van der Waals surface area contributed by atoms with E-state index in [2.05, 4.69) is 10.1 Å². The van der Waals surface area contributed by atoms with E-state index in [0.717, 1.165) is 0 Å². The van der Waals surface area contributed by atoms with E-state index < -0.39 is 10.9 Å². The van der Waals surface area contributed by atoms with Crippen molar-refractivity contribution < 1.29 is 14.8 Å². The summed E-state index contributed by atoms with van der Waals surface area (Å²) in [4.78, 5) is 25.3. The Hall–Kier alpha value is -2.77. The molecule has 0 saturated carbocycles. The highest BCUT2D eigenvalue weighted by molar-refractivity contribution is 5.83. The molecule has 2 aromatic rings. The third-order valence-corrected chi connectivity index (χ3v) is 2.74. The molecule has 0 unspecified atom stereocenters. The average molecular weight is 290 g/mol. The van der Waals surface area contributed by atoms with Crippen molar-refractivity contribution in [3.8, 4) is 5.69 Å². The number of nitro benzene ring substituents is 1. The first-order valence-corrected chi connectivity index (χ1v) is 6.32. The van der Waals surface area contributed by atoms with Gasteiger partial charge in [0.05, 0.1) is 10.6 Å². The molecular formula is C13H14N4O4. The Morgan fingerprint density at radius 1 is 1.48 bits per heavy atom. The smallest absolute Gasteiger partial charge is 0.375 e. The van der Waals surface area contributed by atoms with Crippen molar-refractivity contribution in [3.63, 3.8) is 0 Å². The Bertz CT molecular complexity index is 693. The number of rotatable bonds is 5. The van der Waals surface area contributed by atoms with Crippen molar-refractivity contribution in [1.82, 2.24) is 14.8 Å². The fraction of sp³-hybridized carbons (Fsp3) is 0.308. The van der Waals surface area contributed by atoms with Crippen molar-refractivity contribution in [2.75, 3.05) is 0 Å². The van der Waals surface area contributed by atoms with Crippen LogP contribution in [-0.2, 0) is 6.42 Å². The number of carboxylic acids is 1. The number of aromatic nitrogens is 3. The van der Waals surface area contributed by atoms with Gasteiger partial charge in [-0.15, -0.1) is 5.10 Å². The van der Waals surface area contributed by atoms with Crippen molar-refractivity contribution in [2.24, 2.45) is 5.92 Å². The van der Waals surface area contributed by atoms with Crippen LogP contribution in [-0.4, -0.2) is 30.8 Å². The van der Waals surface area contributed by atoms with E-state index in [4.69, 9.17) is 5.11 Å². The van der Waals surface area contributed by atoms with E-state index in [1.165, 1.54) is 22.9 Å². The molecule has 1 aromatic carbocycles. The molecule has 2 rings (SSSR count). The van der Waals surface area contributed by atoms with Gasteiger partial charge in [-0.05, 0) is 12.0 Å². The highest BCUT2D eigenvalue weighted by Gasteiger charge is 2.18. The lowest BCUT2D eigenvalue weighted by molar-refractivity contribution is -0.384. The third kappa shape index (κ3) is 3.22. The number of hydrogen-bond acceptors (Lipinski definition) is 5. The number of hydrogen-bond donors (Lipinski definition) is 1.